The summed E-state index contributed by atoms with van der Waals surface area (Å²) >= 11 is 0. The highest BCUT2D eigenvalue weighted by atomic mass is 127. The Bertz CT molecular complexity index is 566. The number of hydrogen-bond donors (Lipinski definition) is 2. The lowest BCUT2D eigenvalue weighted by Gasteiger charge is -2.29. The van der Waals surface area contributed by atoms with Gasteiger partial charge in [-0.2, -0.15) is 0 Å². The predicted octanol–water partition coefficient (Wildman–Crippen LogP) is 2.57. The number of halogens is 2. The summed E-state index contributed by atoms with van der Waals surface area (Å²) < 4.78 is 18.6. The van der Waals surface area contributed by atoms with Gasteiger partial charge in [0.05, 0.1) is 12.6 Å². The SMILES string of the molecule is CCNC(=NCCCN1CCC(O)CC1)N(C)CCOc1ccc(F)cc1.I. The summed E-state index contributed by atoms with van der Waals surface area (Å²) in [6, 6.07) is 6.06. The second-order valence-corrected chi connectivity index (χ2v) is 6.89. The Labute approximate surface area is 185 Å². The monoisotopic (exact) mass is 508 g/mol. The molecule has 0 atom stereocenters. The normalized spacial score (nSPS) is 15.8. The molecule has 0 radical (unpaired) electrons. The maximum atomic E-state index is 12.9. The number of rotatable bonds is 9. The van der Waals surface area contributed by atoms with E-state index in [4.69, 9.17) is 9.73 Å². The zero-order valence-electron chi connectivity index (χ0n) is 16.9. The van der Waals surface area contributed by atoms with Gasteiger partial charge in [-0.25, -0.2) is 4.39 Å². The number of benzene rings is 1. The quantitative estimate of drug-likeness (QED) is 0.233. The highest BCUT2D eigenvalue weighted by Gasteiger charge is 2.16. The lowest BCUT2D eigenvalue weighted by Crippen LogP contribution is -2.41. The molecule has 1 saturated heterocycles. The second kappa shape index (κ2) is 13.9. The highest BCUT2D eigenvalue weighted by molar-refractivity contribution is 14.0. The summed E-state index contributed by atoms with van der Waals surface area (Å²) in [4.78, 5) is 9.14. The average molecular weight is 508 g/mol. The van der Waals surface area contributed by atoms with Crippen LogP contribution in [0.15, 0.2) is 29.3 Å². The van der Waals surface area contributed by atoms with Crippen LogP contribution in [0.25, 0.3) is 0 Å². The van der Waals surface area contributed by atoms with Gasteiger partial charge in [0.15, 0.2) is 5.96 Å². The molecule has 2 rings (SSSR count). The maximum Gasteiger partial charge on any atom is 0.193 e. The van der Waals surface area contributed by atoms with E-state index in [9.17, 15) is 9.50 Å². The molecule has 0 bridgehead atoms. The summed E-state index contributed by atoms with van der Waals surface area (Å²) in [5, 5.41) is 12.9. The molecule has 1 heterocycles. The van der Waals surface area contributed by atoms with Gasteiger partial charge >= 0.3 is 0 Å². The van der Waals surface area contributed by atoms with Crippen molar-refractivity contribution in [3.63, 3.8) is 0 Å². The van der Waals surface area contributed by atoms with Gasteiger partial charge in [-0.1, -0.05) is 0 Å². The number of aliphatic hydroxyl groups excluding tert-OH is 1. The van der Waals surface area contributed by atoms with Gasteiger partial charge in [0, 0.05) is 33.2 Å². The number of aliphatic hydroxyl groups is 1. The van der Waals surface area contributed by atoms with Gasteiger partial charge in [0.25, 0.3) is 0 Å². The van der Waals surface area contributed by atoms with Crippen molar-refractivity contribution in [3.8, 4) is 5.75 Å². The van der Waals surface area contributed by atoms with Gasteiger partial charge in [-0.15, -0.1) is 24.0 Å². The molecule has 160 valence electrons. The largest absolute Gasteiger partial charge is 0.492 e. The molecule has 1 aliphatic rings. The highest BCUT2D eigenvalue weighted by Crippen LogP contribution is 2.11. The van der Waals surface area contributed by atoms with Gasteiger partial charge in [-0.3, -0.25) is 4.99 Å². The lowest BCUT2D eigenvalue weighted by atomic mass is 10.1. The van der Waals surface area contributed by atoms with E-state index in [-0.39, 0.29) is 35.9 Å². The van der Waals surface area contributed by atoms with Crippen LogP contribution >= 0.6 is 24.0 Å². The van der Waals surface area contributed by atoms with Crippen LogP contribution in [0.1, 0.15) is 26.2 Å². The summed E-state index contributed by atoms with van der Waals surface area (Å²) in [6.45, 7) is 7.80. The number of likely N-dealkylation sites (tertiary alicyclic amines) is 1. The topological polar surface area (TPSA) is 60.3 Å². The van der Waals surface area contributed by atoms with Crippen molar-refractivity contribution < 1.29 is 14.2 Å². The average Bonchev–Trinajstić information content (AvgIpc) is 2.67. The Morgan fingerprint density at radius 2 is 2.00 bits per heavy atom. The molecule has 2 N–H and O–H groups in total. The fourth-order valence-corrected chi connectivity index (χ4v) is 3.03. The van der Waals surface area contributed by atoms with E-state index in [0.29, 0.717) is 18.9 Å². The fraction of sp³-hybridized carbons (Fsp3) is 0.650. The molecule has 1 aromatic rings. The van der Waals surface area contributed by atoms with E-state index in [1.807, 2.05) is 11.9 Å². The van der Waals surface area contributed by atoms with Gasteiger partial charge in [-0.05, 0) is 57.0 Å². The van der Waals surface area contributed by atoms with Crippen LogP contribution in [0.4, 0.5) is 4.39 Å². The third-order valence-electron chi connectivity index (χ3n) is 4.66. The molecule has 1 aromatic carbocycles. The van der Waals surface area contributed by atoms with Crippen LogP contribution in [0.3, 0.4) is 0 Å². The van der Waals surface area contributed by atoms with Crippen LogP contribution < -0.4 is 10.1 Å². The first-order chi connectivity index (χ1) is 13.1. The van der Waals surface area contributed by atoms with Gasteiger partial charge in [0.2, 0.25) is 0 Å². The standard InChI is InChI=1S/C20H33FN4O2.HI/c1-3-22-20(23-11-4-12-25-13-9-18(26)10-14-25)24(2)15-16-27-19-7-5-17(21)6-8-19;/h5-8,18,26H,3-4,9-16H2,1-2H3,(H,22,23);1H. The van der Waals surface area contributed by atoms with Crippen molar-refractivity contribution in [2.24, 2.45) is 4.99 Å². The van der Waals surface area contributed by atoms with Crippen LogP contribution in [-0.2, 0) is 0 Å². The molecule has 1 fully saturated rings. The fourth-order valence-electron chi connectivity index (χ4n) is 3.03. The van der Waals surface area contributed by atoms with E-state index in [0.717, 1.165) is 57.9 Å². The molecule has 0 aliphatic carbocycles. The zero-order valence-corrected chi connectivity index (χ0v) is 19.3. The van der Waals surface area contributed by atoms with Crippen molar-refractivity contribution in [3.05, 3.63) is 30.1 Å². The molecule has 8 heteroatoms. The summed E-state index contributed by atoms with van der Waals surface area (Å²) in [6.07, 6.45) is 2.64. The first-order valence-corrected chi connectivity index (χ1v) is 9.86. The summed E-state index contributed by atoms with van der Waals surface area (Å²) in [7, 11) is 1.99. The molecule has 6 nitrogen and oxygen atoms in total. The van der Waals surface area contributed by atoms with E-state index >= 15 is 0 Å². The smallest absolute Gasteiger partial charge is 0.193 e. The number of ether oxygens (including phenoxy) is 1. The van der Waals surface area contributed by atoms with Crippen molar-refractivity contribution >= 4 is 29.9 Å². The van der Waals surface area contributed by atoms with Crippen LogP contribution in [-0.4, -0.2) is 79.9 Å². The third-order valence-corrected chi connectivity index (χ3v) is 4.66. The molecular weight excluding hydrogens is 474 g/mol. The summed E-state index contributed by atoms with van der Waals surface area (Å²) in [5.41, 5.74) is 0. The van der Waals surface area contributed by atoms with Gasteiger partial charge in [0.1, 0.15) is 18.2 Å². The molecule has 0 spiro atoms. The Morgan fingerprint density at radius 1 is 1.32 bits per heavy atom. The number of guanidine groups is 1. The van der Waals surface area contributed by atoms with Crippen LogP contribution in [0, 0.1) is 5.82 Å². The van der Waals surface area contributed by atoms with Crippen LogP contribution in [0.2, 0.25) is 0 Å². The molecule has 1 aliphatic heterocycles. The number of hydrogen-bond acceptors (Lipinski definition) is 4. The second-order valence-electron chi connectivity index (χ2n) is 6.89. The van der Waals surface area contributed by atoms with E-state index in [1.54, 1.807) is 12.1 Å². The summed E-state index contributed by atoms with van der Waals surface area (Å²) in [5.74, 6) is 1.27. The molecule has 0 saturated carbocycles. The minimum Gasteiger partial charge on any atom is -0.492 e. The van der Waals surface area contributed by atoms with Crippen LogP contribution in [0.5, 0.6) is 5.75 Å². The number of aliphatic imine (C=N–C) groups is 1. The molecule has 0 amide bonds. The first kappa shape index (κ1) is 24.9. The Kier molecular flexibility index (Phi) is 12.4. The Morgan fingerprint density at radius 3 is 2.64 bits per heavy atom. The Hall–Kier alpha value is -1.13. The zero-order chi connectivity index (χ0) is 19.5. The minimum atomic E-state index is -0.262. The molecule has 0 unspecified atom stereocenters. The van der Waals surface area contributed by atoms with E-state index in [2.05, 4.69) is 17.1 Å². The lowest BCUT2D eigenvalue weighted by molar-refractivity contribution is 0.0824. The number of likely N-dealkylation sites (N-methyl/N-ethyl adjacent to an activating group) is 1. The number of nitrogens with zero attached hydrogens (tertiary/aromatic N) is 3. The van der Waals surface area contributed by atoms with E-state index < -0.39 is 0 Å². The van der Waals surface area contributed by atoms with Crippen molar-refractivity contribution in [2.75, 3.05) is 52.9 Å². The minimum absolute atomic E-state index is 0. The predicted molar refractivity (Wildman–Crippen MR) is 122 cm³/mol. The number of piperidine rings is 1. The van der Waals surface area contributed by atoms with Gasteiger partial charge < -0.3 is 25.0 Å². The third kappa shape index (κ3) is 9.38. The molecule has 28 heavy (non-hydrogen) atoms. The van der Waals surface area contributed by atoms with E-state index in [1.165, 1.54) is 12.1 Å². The Balaban J connectivity index is 0.00000392. The maximum absolute atomic E-state index is 12.9. The van der Waals surface area contributed by atoms with Crippen molar-refractivity contribution in [1.29, 1.82) is 0 Å². The number of nitrogens with one attached hydrogen (secondary N) is 1. The van der Waals surface area contributed by atoms with Crippen molar-refractivity contribution in [1.82, 2.24) is 15.1 Å². The van der Waals surface area contributed by atoms with Crippen molar-refractivity contribution in [2.45, 2.75) is 32.3 Å². The first-order valence-electron chi connectivity index (χ1n) is 9.86. The molecular formula is C20H34FIN4O2. The molecule has 0 aromatic heterocycles.